The third-order valence-electron chi connectivity index (χ3n) is 11.0. The molecule has 0 unspecified atom stereocenters. The van der Waals surface area contributed by atoms with Gasteiger partial charge in [0.1, 0.15) is 0 Å². The average molecular weight is 819 g/mol. The summed E-state index contributed by atoms with van der Waals surface area (Å²) in [6.45, 7) is 0. The minimum Gasteiger partial charge on any atom is -0.0826 e. The van der Waals surface area contributed by atoms with Gasteiger partial charge in [-0.3, -0.25) is 0 Å². The minimum atomic E-state index is -4.39. The summed E-state index contributed by atoms with van der Waals surface area (Å²) in [6, 6.07) is 5.75. The Morgan fingerprint density at radius 2 is 0.807 bits per heavy atom. The second-order valence-electron chi connectivity index (χ2n) is 13.6. The van der Waals surface area contributed by atoms with Crippen molar-refractivity contribution in [1.82, 2.24) is 0 Å². The van der Waals surface area contributed by atoms with Crippen LogP contribution in [-0.2, 0) is 29.0 Å². The van der Waals surface area contributed by atoms with Crippen LogP contribution in [0.5, 0.6) is 0 Å². The standard InChI is InChI=1S/C53H36P2S2/c56-54(38-18-5-1-6-19-38,39-20-7-2-8-21-39)42-30-32-45-46-33-31-43(55(57,40-22-9-3-10-23-40)41-24-11-4-12-25-41)36-51(46)53(50(45)35-42)48-28-16-15-27-47(48)52-44-26-14-13-17-37(44)29-34-49(52)53/h1-36H/i1D,2D,3D,4D,5D,6D,7D,8D,9D,10D,11D,12D,18D,19D,20D,21D,22D,23D,24D,25D. The molecule has 270 valence electrons. The largest absolute Gasteiger partial charge is 0.0826 e. The zero-order valence-electron chi connectivity index (χ0n) is 49.4. The molecule has 11 rings (SSSR count). The van der Waals surface area contributed by atoms with Crippen molar-refractivity contribution in [3.8, 4) is 22.3 Å². The number of hydrogen-bond donors (Lipinski definition) is 0. The highest BCUT2D eigenvalue weighted by atomic mass is 32.4. The smallest absolute Gasteiger partial charge is 0.0726 e. The van der Waals surface area contributed by atoms with Gasteiger partial charge in [0.05, 0.1) is 32.8 Å². The number of fused-ring (bicyclic) bond motifs is 12. The average Bonchev–Trinajstić information content (AvgIpc) is 4.03. The van der Waals surface area contributed by atoms with Gasteiger partial charge in [-0.2, -0.15) is 0 Å². The van der Waals surface area contributed by atoms with E-state index in [-0.39, 0.29) is 10.6 Å². The number of hydrogen-bond acceptors (Lipinski definition) is 2. The summed E-state index contributed by atoms with van der Waals surface area (Å²) in [5.41, 5.74) is 3.63. The first-order valence-corrected chi connectivity index (χ1v) is 23.4. The molecule has 0 saturated carbocycles. The van der Waals surface area contributed by atoms with Crippen LogP contribution in [0.1, 0.15) is 49.7 Å². The molecular formula is C53H36P2S2. The first-order chi connectivity index (χ1) is 36.3. The van der Waals surface area contributed by atoms with Crippen molar-refractivity contribution >= 4 is 78.3 Å². The zero-order chi connectivity index (χ0) is 55.6. The van der Waals surface area contributed by atoms with Gasteiger partial charge in [0.2, 0.25) is 0 Å². The highest BCUT2D eigenvalue weighted by Gasteiger charge is 2.53. The van der Waals surface area contributed by atoms with E-state index in [0.717, 1.165) is 21.9 Å². The van der Waals surface area contributed by atoms with E-state index in [4.69, 9.17) is 40.1 Å². The van der Waals surface area contributed by atoms with E-state index in [1.165, 1.54) is 0 Å². The van der Waals surface area contributed by atoms with Crippen LogP contribution in [0.25, 0.3) is 33.0 Å². The van der Waals surface area contributed by atoms with Crippen molar-refractivity contribution < 1.29 is 27.4 Å². The van der Waals surface area contributed by atoms with Gasteiger partial charge in [-0.25, -0.2) is 0 Å². The zero-order valence-corrected chi connectivity index (χ0v) is 32.9. The third kappa shape index (κ3) is 4.92. The molecule has 0 amide bonds. The molecule has 2 aliphatic carbocycles. The normalized spacial score (nSPS) is 18.5. The van der Waals surface area contributed by atoms with Gasteiger partial charge in [-0.15, -0.1) is 0 Å². The SMILES string of the molecule is [2H]c1c([2H])c([2H])c(P(=S)(c2ccc3c(c2)C2(c4cc(P(=S)(c5c([2H])c([2H])c([2H])c([2H])c5[2H])c5c([2H])c([2H])c([2H])c([2H])c5[2H])ccc4-3)c3ccccc3-c3c2ccc2ccccc32)c2c([2H])c([2H])c([2H])c([2H])c2[2H])c([2H])c1[2H]. The molecule has 0 heterocycles. The van der Waals surface area contributed by atoms with E-state index >= 15 is 0 Å². The molecular weight excluding hydrogens is 763 g/mol. The van der Waals surface area contributed by atoms with Crippen LogP contribution >= 0.6 is 12.1 Å². The molecule has 0 saturated heterocycles. The maximum Gasteiger partial charge on any atom is 0.0726 e. The Kier molecular flexibility index (Phi) is 4.62. The van der Waals surface area contributed by atoms with Crippen LogP contribution in [-0.4, -0.2) is 0 Å². The summed E-state index contributed by atoms with van der Waals surface area (Å²) in [5, 5.41) is 0.217. The third-order valence-corrected chi connectivity index (χ3v) is 19.9. The van der Waals surface area contributed by atoms with Crippen LogP contribution in [0.15, 0.2) is 218 Å². The second kappa shape index (κ2) is 13.3. The topological polar surface area (TPSA) is 0 Å². The molecule has 0 atom stereocenters. The summed E-state index contributed by atoms with van der Waals surface area (Å²) in [7, 11) is 0. The first kappa shape index (κ1) is 19.8. The van der Waals surface area contributed by atoms with Crippen molar-refractivity contribution in [2.24, 2.45) is 0 Å². The van der Waals surface area contributed by atoms with Crippen LogP contribution in [0, 0.1) is 0 Å². The Balaban J connectivity index is 1.33. The van der Waals surface area contributed by atoms with Crippen molar-refractivity contribution in [2.45, 2.75) is 5.41 Å². The lowest BCUT2D eigenvalue weighted by atomic mass is 9.70. The van der Waals surface area contributed by atoms with Gasteiger partial charge in [-0.05, 0) is 99.2 Å². The highest BCUT2D eigenvalue weighted by molar-refractivity contribution is 8.26. The molecule has 4 heteroatoms. The Morgan fingerprint density at radius 1 is 0.368 bits per heavy atom. The van der Waals surface area contributed by atoms with Gasteiger partial charge < -0.3 is 0 Å². The molecule has 57 heavy (non-hydrogen) atoms. The summed E-state index contributed by atoms with van der Waals surface area (Å²) in [6.07, 6.45) is 0. The van der Waals surface area contributed by atoms with Gasteiger partial charge >= 0.3 is 0 Å². The van der Waals surface area contributed by atoms with Crippen LogP contribution in [0.2, 0.25) is 0 Å². The van der Waals surface area contributed by atoms with Crippen molar-refractivity contribution in [2.75, 3.05) is 0 Å². The van der Waals surface area contributed by atoms with E-state index in [9.17, 15) is 11.0 Å². The molecule has 9 aromatic carbocycles. The molecule has 0 bridgehead atoms. The number of benzene rings is 9. The maximum atomic E-state index is 9.34. The fraction of sp³-hybridized carbons (Fsp3) is 0.0189. The molecule has 0 nitrogen and oxygen atoms in total. The van der Waals surface area contributed by atoms with Crippen LogP contribution in [0.3, 0.4) is 0 Å². The van der Waals surface area contributed by atoms with Crippen molar-refractivity contribution in [3.63, 3.8) is 0 Å². The number of rotatable bonds is 6. The molecule has 1 spiro atoms. The van der Waals surface area contributed by atoms with Crippen LogP contribution < -0.4 is 31.8 Å². The quantitative estimate of drug-likeness (QED) is 0.153. The van der Waals surface area contributed by atoms with Crippen molar-refractivity contribution in [3.05, 3.63) is 240 Å². The van der Waals surface area contributed by atoms with E-state index in [1.807, 2.05) is 60.7 Å². The minimum absolute atomic E-state index is 0.103. The Labute approximate surface area is 372 Å². The molecule has 0 aliphatic heterocycles. The highest BCUT2D eigenvalue weighted by Crippen LogP contribution is 2.64. The summed E-state index contributed by atoms with van der Waals surface area (Å²) in [5.74, 6) is 0. The van der Waals surface area contributed by atoms with Gasteiger partial charge in [0.15, 0.2) is 0 Å². The molecule has 2 aliphatic rings. The predicted molar refractivity (Wildman–Crippen MR) is 252 cm³/mol. The second-order valence-corrected chi connectivity index (χ2v) is 22.1. The van der Waals surface area contributed by atoms with Gasteiger partial charge in [0.25, 0.3) is 0 Å². The summed E-state index contributed by atoms with van der Waals surface area (Å²) >= 11 is 13.4. The predicted octanol–water partition coefficient (Wildman–Crippen LogP) is 10.7. The molecule has 0 fully saturated rings. The fourth-order valence-electron chi connectivity index (χ4n) is 8.66. The van der Waals surface area contributed by atoms with Crippen LogP contribution in [0.4, 0.5) is 0 Å². The molecule has 0 N–H and O–H groups in total. The Bertz CT molecular complexity index is 3860. The van der Waals surface area contributed by atoms with E-state index in [0.29, 0.717) is 33.4 Å². The molecule has 0 aromatic heterocycles. The van der Waals surface area contributed by atoms with Gasteiger partial charge in [0, 0.05) is 12.1 Å². The van der Waals surface area contributed by atoms with Crippen molar-refractivity contribution in [1.29, 1.82) is 0 Å². The molecule has 0 radical (unpaired) electrons. The van der Waals surface area contributed by atoms with Gasteiger partial charge in [-0.1, -0.05) is 229 Å². The lowest BCUT2D eigenvalue weighted by molar-refractivity contribution is 0.796. The first-order valence-electron chi connectivity index (χ1n) is 27.7. The fourth-order valence-corrected chi connectivity index (χ4v) is 14.8. The van der Waals surface area contributed by atoms with E-state index in [1.54, 1.807) is 36.4 Å². The molecule has 9 aromatic rings. The Hall–Kier alpha value is -5.46. The van der Waals surface area contributed by atoms with E-state index in [2.05, 4.69) is 0 Å². The summed E-state index contributed by atoms with van der Waals surface area (Å²) in [4.78, 5) is 0. The Morgan fingerprint density at radius 3 is 1.30 bits per heavy atom. The lowest BCUT2D eigenvalue weighted by Crippen LogP contribution is -2.30. The monoisotopic (exact) mass is 818 g/mol. The maximum absolute atomic E-state index is 9.34. The van der Waals surface area contributed by atoms with E-state index < -0.39 is 160 Å². The lowest BCUT2D eigenvalue weighted by Gasteiger charge is -2.33. The summed E-state index contributed by atoms with van der Waals surface area (Å²) < 4.78 is 179.